The van der Waals surface area contributed by atoms with Crippen molar-refractivity contribution in [2.45, 2.75) is 45.2 Å². The number of halogens is 1. The minimum Gasteiger partial charge on any atom is -0.303 e. The highest BCUT2D eigenvalue weighted by Gasteiger charge is 2.16. The van der Waals surface area contributed by atoms with Crippen molar-refractivity contribution < 1.29 is 0 Å². The average molecular weight is 346 g/mol. The summed E-state index contributed by atoms with van der Waals surface area (Å²) in [6, 6.07) is 20.2. The van der Waals surface area contributed by atoms with Crippen LogP contribution in [-0.4, -0.2) is 0 Å². The fourth-order valence-electron chi connectivity index (χ4n) is 2.74. The molecular weight excluding hydrogens is 322 g/mol. The molecule has 2 atom stereocenters. The lowest BCUT2D eigenvalue weighted by atomic mass is 9.98. The molecule has 2 heteroatoms. The van der Waals surface area contributed by atoms with E-state index in [1.807, 2.05) is 0 Å². The van der Waals surface area contributed by atoms with E-state index in [0.29, 0.717) is 12.1 Å². The summed E-state index contributed by atoms with van der Waals surface area (Å²) < 4.78 is 1.15. The average Bonchev–Trinajstić information content (AvgIpc) is 2.52. The Labute approximate surface area is 136 Å². The first-order valence-corrected chi connectivity index (χ1v) is 8.60. The van der Waals surface area contributed by atoms with Gasteiger partial charge in [0.05, 0.1) is 0 Å². The van der Waals surface area contributed by atoms with Gasteiger partial charge in [0.1, 0.15) is 0 Å². The Hall–Kier alpha value is -1.12. The third kappa shape index (κ3) is 4.69. The molecule has 0 saturated carbocycles. The maximum Gasteiger partial charge on any atom is 0.0325 e. The zero-order valence-electron chi connectivity index (χ0n) is 12.9. The van der Waals surface area contributed by atoms with E-state index in [4.69, 9.17) is 0 Å². The van der Waals surface area contributed by atoms with E-state index in [0.717, 1.165) is 17.3 Å². The summed E-state index contributed by atoms with van der Waals surface area (Å²) in [5.41, 5.74) is 2.73. The molecule has 0 radical (unpaired) electrons. The molecule has 2 aromatic rings. The minimum absolute atomic E-state index is 0.388. The van der Waals surface area contributed by atoms with Crippen LogP contribution in [0.4, 0.5) is 0 Å². The standard InChI is InChI=1S/C19H24BrN/c1-3-9-19(15-10-6-5-7-11-15)21-18(4-2)16-12-8-13-17(20)14-16/h5-8,10-14,18-19,21H,3-4,9H2,1-2H3. The Morgan fingerprint density at radius 1 is 0.905 bits per heavy atom. The predicted molar refractivity (Wildman–Crippen MR) is 94.4 cm³/mol. The van der Waals surface area contributed by atoms with Crippen molar-refractivity contribution in [2.24, 2.45) is 0 Å². The van der Waals surface area contributed by atoms with Gasteiger partial charge in [-0.05, 0) is 36.1 Å². The molecule has 0 heterocycles. The van der Waals surface area contributed by atoms with E-state index in [9.17, 15) is 0 Å². The van der Waals surface area contributed by atoms with Crippen molar-refractivity contribution in [2.75, 3.05) is 0 Å². The van der Waals surface area contributed by atoms with E-state index in [-0.39, 0.29) is 0 Å². The monoisotopic (exact) mass is 345 g/mol. The first kappa shape index (κ1) is 16.3. The van der Waals surface area contributed by atoms with Gasteiger partial charge in [0.2, 0.25) is 0 Å². The number of benzene rings is 2. The van der Waals surface area contributed by atoms with Crippen LogP contribution in [-0.2, 0) is 0 Å². The molecule has 1 N–H and O–H groups in total. The lowest BCUT2D eigenvalue weighted by Crippen LogP contribution is -2.26. The van der Waals surface area contributed by atoms with Crippen LogP contribution in [0.3, 0.4) is 0 Å². The largest absolute Gasteiger partial charge is 0.303 e. The van der Waals surface area contributed by atoms with Crippen LogP contribution in [0.5, 0.6) is 0 Å². The highest BCUT2D eigenvalue weighted by atomic mass is 79.9. The fourth-order valence-corrected chi connectivity index (χ4v) is 3.15. The lowest BCUT2D eigenvalue weighted by molar-refractivity contribution is 0.412. The van der Waals surface area contributed by atoms with Crippen LogP contribution in [0.15, 0.2) is 59.1 Å². The molecule has 0 aliphatic carbocycles. The molecule has 0 saturated heterocycles. The van der Waals surface area contributed by atoms with Crippen LogP contribution >= 0.6 is 15.9 Å². The SMILES string of the molecule is CCCC(NC(CC)c1cccc(Br)c1)c1ccccc1. The molecule has 2 aromatic carbocycles. The zero-order valence-corrected chi connectivity index (χ0v) is 14.4. The highest BCUT2D eigenvalue weighted by molar-refractivity contribution is 9.10. The Morgan fingerprint density at radius 2 is 1.62 bits per heavy atom. The van der Waals surface area contributed by atoms with Crippen LogP contribution in [0, 0.1) is 0 Å². The molecule has 0 spiro atoms. The van der Waals surface area contributed by atoms with Crippen molar-refractivity contribution >= 4 is 15.9 Å². The molecular formula is C19H24BrN. The molecule has 2 rings (SSSR count). The third-order valence-corrected chi connectivity index (χ3v) is 4.33. The number of hydrogen-bond acceptors (Lipinski definition) is 1. The minimum atomic E-state index is 0.388. The van der Waals surface area contributed by atoms with Crippen molar-refractivity contribution in [3.63, 3.8) is 0 Å². The van der Waals surface area contributed by atoms with Crippen LogP contribution in [0.2, 0.25) is 0 Å². The molecule has 0 aliphatic rings. The van der Waals surface area contributed by atoms with Crippen molar-refractivity contribution in [1.82, 2.24) is 5.32 Å². The van der Waals surface area contributed by atoms with Gasteiger partial charge in [-0.15, -0.1) is 0 Å². The van der Waals surface area contributed by atoms with Crippen molar-refractivity contribution in [1.29, 1.82) is 0 Å². The summed E-state index contributed by atoms with van der Waals surface area (Å²) in [5.74, 6) is 0. The van der Waals surface area contributed by atoms with Crippen LogP contribution in [0.1, 0.15) is 56.3 Å². The highest BCUT2D eigenvalue weighted by Crippen LogP contribution is 2.26. The summed E-state index contributed by atoms with van der Waals surface area (Å²) >= 11 is 3.57. The van der Waals surface area contributed by atoms with Gasteiger partial charge in [0, 0.05) is 16.6 Å². The summed E-state index contributed by atoms with van der Waals surface area (Å²) in [7, 11) is 0. The van der Waals surface area contributed by atoms with Gasteiger partial charge in [0.15, 0.2) is 0 Å². The van der Waals surface area contributed by atoms with E-state index >= 15 is 0 Å². The van der Waals surface area contributed by atoms with Crippen molar-refractivity contribution in [3.8, 4) is 0 Å². The van der Waals surface area contributed by atoms with E-state index in [1.54, 1.807) is 0 Å². The maximum atomic E-state index is 3.84. The third-order valence-electron chi connectivity index (χ3n) is 3.84. The van der Waals surface area contributed by atoms with Crippen LogP contribution in [0.25, 0.3) is 0 Å². The van der Waals surface area contributed by atoms with Gasteiger partial charge in [0.25, 0.3) is 0 Å². The molecule has 2 unspecified atom stereocenters. The zero-order chi connectivity index (χ0) is 15.1. The van der Waals surface area contributed by atoms with E-state index in [2.05, 4.69) is 89.7 Å². The molecule has 1 nitrogen and oxygen atoms in total. The van der Waals surface area contributed by atoms with E-state index < -0.39 is 0 Å². The molecule has 0 aromatic heterocycles. The van der Waals surface area contributed by atoms with Gasteiger partial charge in [-0.25, -0.2) is 0 Å². The first-order chi connectivity index (χ1) is 10.2. The summed E-state index contributed by atoms with van der Waals surface area (Å²) in [6.45, 7) is 4.49. The van der Waals surface area contributed by atoms with Crippen molar-refractivity contribution in [3.05, 3.63) is 70.2 Å². The molecule has 0 bridgehead atoms. The predicted octanol–water partition coefficient (Wildman–Crippen LogP) is 6.03. The Bertz CT molecular complexity index is 538. The second kappa shape index (κ2) is 8.35. The number of hydrogen-bond donors (Lipinski definition) is 1. The van der Waals surface area contributed by atoms with E-state index in [1.165, 1.54) is 17.5 Å². The topological polar surface area (TPSA) is 12.0 Å². The molecule has 0 amide bonds. The molecule has 21 heavy (non-hydrogen) atoms. The Morgan fingerprint density at radius 3 is 2.24 bits per heavy atom. The second-order valence-corrected chi connectivity index (χ2v) is 6.35. The van der Waals surface area contributed by atoms with Gasteiger partial charge in [-0.1, -0.05) is 78.7 Å². The number of rotatable bonds is 7. The second-order valence-electron chi connectivity index (χ2n) is 5.43. The maximum absolute atomic E-state index is 3.84. The first-order valence-electron chi connectivity index (χ1n) is 7.81. The lowest BCUT2D eigenvalue weighted by Gasteiger charge is -2.26. The summed E-state index contributed by atoms with van der Waals surface area (Å²) in [5, 5.41) is 3.84. The van der Waals surface area contributed by atoms with Crippen LogP contribution < -0.4 is 5.32 Å². The molecule has 112 valence electrons. The Kier molecular flexibility index (Phi) is 6.47. The van der Waals surface area contributed by atoms with Gasteiger partial charge >= 0.3 is 0 Å². The van der Waals surface area contributed by atoms with Gasteiger partial charge < -0.3 is 5.32 Å². The summed E-state index contributed by atoms with van der Waals surface area (Å²) in [4.78, 5) is 0. The van der Waals surface area contributed by atoms with Gasteiger partial charge in [-0.2, -0.15) is 0 Å². The molecule has 0 fully saturated rings. The smallest absolute Gasteiger partial charge is 0.0325 e. The fraction of sp³-hybridized carbons (Fsp3) is 0.368. The quantitative estimate of drug-likeness (QED) is 0.645. The normalized spacial score (nSPS) is 13.9. The molecule has 0 aliphatic heterocycles. The Balaban J connectivity index is 2.18. The summed E-state index contributed by atoms with van der Waals surface area (Å²) in [6.07, 6.45) is 3.43. The number of nitrogens with one attached hydrogen (secondary N) is 1. The van der Waals surface area contributed by atoms with Gasteiger partial charge in [-0.3, -0.25) is 0 Å².